The lowest BCUT2D eigenvalue weighted by atomic mass is 10.2. The molecule has 0 bridgehead atoms. The van der Waals surface area contributed by atoms with Gasteiger partial charge in [0.05, 0.1) is 0 Å². The Hall–Kier alpha value is -2.08. The van der Waals surface area contributed by atoms with Crippen molar-refractivity contribution in [2.24, 2.45) is 5.73 Å². The molecule has 0 saturated carbocycles. The zero-order chi connectivity index (χ0) is 14.0. The van der Waals surface area contributed by atoms with E-state index in [9.17, 15) is 17.6 Å². The number of hydrogen-bond acceptors (Lipinski definition) is 2. The molecule has 0 aliphatic carbocycles. The fourth-order valence-electron chi connectivity index (χ4n) is 1.49. The van der Waals surface area contributed by atoms with Gasteiger partial charge in [-0.25, -0.2) is 17.6 Å². The number of benzene rings is 2. The quantitative estimate of drug-likeness (QED) is 0.867. The van der Waals surface area contributed by atoms with E-state index in [4.69, 9.17) is 10.5 Å². The minimum absolute atomic E-state index is 0.0531. The number of nitrogens with two attached hydrogens (primary N) is 1. The zero-order valence-electron chi connectivity index (χ0n) is 9.59. The zero-order valence-corrected chi connectivity index (χ0v) is 9.59. The predicted octanol–water partition coefficient (Wildman–Crippen LogP) is 3.49. The standard InChI is InChI=1S/C13H9F4NO/c14-8-1-2-9(15)12(5-8)19-13-10(16)3-7(6-18)4-11(13)17/h1-5H,6,18H2. The summed E-state index contributed by atoms with van der Waals surface area (Å²) < 4.78 is 58.1. The van der Waals surface area contributed by atoms with Crippen LogP contribution in [0, 0.1) is 23.3 Å². The SMILES string of the molecule is NCc1cc(F)c(Oc2cc(F)ccc2F)c(F)c1. The highest BCUT2D eigenvalue weighted by Crippen LogP contribution is 2.30. The maximum atomic E-state index is 13.6. The van der Waals surface area contributed by atoms with Crippen LogP contribution in [0.1, 0.15) is 5.56 Å². The Morgan fingerprint density at radius 2 is 1.53 bits per heavy atom. The summed E-state index contributed by atoms with van der Waals surface area (Å²) in [6.45, 7) is -0.0531. The molecule has 0 aliphatic rings. The third kappa shape index (κ3) is 2.85. The molecule has 0 heterocycles. The van der Waals surface area contributed by atoms with E-state index in [-0.39, 0.29) is 12.1 Å². The smallest absolute Gasteiger partial charge is 0.198 e. The molecule has 0 radical (unpaired) electrons. The highest BCUT2D eigenvalue weighted by Gasteiger charge is 2.15. The van der Waals surface area contributed by atoms with E-state index in [2.05, 4.69) is 0 Å². The van der Waals surface area contributed by atoms with Gasteiger partial charge in [0.1, 0.15) is 5.82 Å². The van der Waals surface area contributed by atoms with Crippen molar-refractivity contribution in [1.29, 1.82) is 0 Å². The van der Waals surface area contributed by atoms with Crippen LogP contribution in [0.2, 0.25) is 0 Å². The Morgan fingerprint density at radius 3 is 2.11 bits per heavy atom. The van der Waals surface area contributed by atoms with Crippen LogP contribution in [-0.4, -0.2) is 0 Å². The largest absolute Gasteiger partial charge is 0.448 e. The van der Waals surface area contributed by atoms with E-state index in [1.165, 1.54) is 0 Å². The Morgan fingerprint density at radius 1 is 0.895 bits per heavy atom. The minimum atomic E-state index is -1.04. The molecule has 0 amide bonds. The first-order valence-electron chi connectivity index (χ1n) is 5.32. The molecule has 0 unspecified atom stereocenters. The Bertz CT molecular complexity index is 593. The van der Waals surface area contributed by atoms with Crippen LogP contribution in [0.4, 0.5) is 17.6 Å². The van der Waals surface area contributed by atoms with Crippen LogP contribution in [-0.2, 0) is 6.54 Å². The van der Waals surface area contributed by atoms with Crippen molar-refractivity contribution in [2.45, 2.75) is 6.54 Å². The summed E-state index contributed by atoms with van der Waals surface area (Å²) in [6.07, 6.45) is 0. The monoisotopic (exact) mass is 271 g/mol. The summed E-state index contributed by atoms with van der Waals surface area (Å²) in [5, 5.41) is 0. The van der Waals surface area contributed by atoms with Crippen molar-refractivity contribution in [3.8, 4) is 11.5 Å². The molecule has 2 aromatic rings. The van der Waals surface area contributed by atoms with Crippen molar-refractivity contribution < 1.29 is 22.3 Å². The fourth-order valence-corrected chi connectivity index (χ4v) is 1.49. The molecule has 0 aliphatic heterocycles. The second kappa shape index (κ2) is 5.27. The summed E-state index contributed by atoms with van der Waals surface area (Å²) in [6, 6.07) is 4.30. The molecule has 0 fully saturated rings. The molecular weight excluding hydrogens is 262 g/mol. The van der Waals surface area contributed by atoms with E-state index in [1.54, 1.807) is 0 Å². The summed E-state index contributed by atoms with van der Waals surface area (Å²) in [4.78, 5) is 0. The topological polar surface area (TPSA) is 35.2 Å². The number of ether oxygens (including phenoxy) is 1. The van der Waals surface area contributed by atoms with Gasteiger partial charge < -0.3 is 10.5 Å². The molecule has 19 heavy (non-hydrogen) atoms. The summed E-state index contributed by atoms with van der Waals surface area (Å²) in [7, 11) is 0. The first-order chi connectivity index (χ1) is 9.01. The van der Waals surface area contributed by atoms with Gasteiger partial charge in [-0.05, 0) is 29.8 Å². The van der Waals surface area contributed by atoms with Gasteiger partial charge in [-0.1, -0.05) is 0 Å². The average molecular weight is 271 g/mol. The van der Waals surface area contributed by atoms with Gasteiger partial charge >= 0.3 is 0 Å². The van der Waals surface area contributed by atoms with Gasteiger partial charge in [-0.15, -0.1) is 0 Å². The predicted molar refractivity (Wildman–Crippen MR) is 60.7 cm³/mol. The minimum Gasteiger partial charge on any atom is -0.448 e. The van der Waals surface area contributed by atoms with Gasteiger partial charge in [-0.2, -0.15) is 0 Å². The average Bonchev–Trinajstić information content (AvgIpc) is 2.37. The van der Waals surface area contributed by atoms with Crippen LogP contribution in [0.5, 0.6) is 11.5 Å². The van der Waals surface area contributed by atoms with E-state index in [1.807, 2.05) is 0 Å². The molecule has 2 N–H and O–H groups in total. The van der Waals surface area contributed by atoms with Crippen LogP contribution < -0.4 is 10.5 Å². The van der Waals surface area contributed by atoms with Crippen LogP contribution in [0.3, 0.4) is 0 Å². The van der Waals surface area contributed by atoms with Crippen molar-refractivity contribution in [3.63, 3.8) is 0 Å². The molecular formula is C13H9F4NO. The van der Waals surface area contributed by atoms with Crippen molar-refractivity contribution in [3.05, 3.63) is 59.2 Å². The summed E-state index contributed by atoms with van der Waals surface area (Å²) in [5.41, 5.74) is 5.47. The molecule has 2 nitrogen and oxygen atoms in total. The maximum Gasteiger partial charge on any atom is 0.198 e. The Labute approximate surface area is 106 Å². The molecule has 2 aromatic carbocycles. The van der Waals surface area contributed by atoms with Gasteiger partial charge in [0.15, 0.2) is 29.0 Å². The summed E-state index contributed by atoms with van der Waals surface area (Å²) >= 11 is 0. The highest BCUT2D eigenvalue weighted by atomic mass is 19.1. The molecule has 100 valence electrons. The third-order valence-corrected chi connectivity index (χ3v) is 2.40. The molecule has 0 atom stereocenters. The van der Waals surface area contributed by atoms with E-state index >= 15 is 0 Å². The first kappa shape index (κ1) is 13.4. The first-order valence-corrected chi connectivity index (χ1v) is 5.32. The lowest BCUT2D eigenvalue weighted by Gasteiger charge is -2.10. The second-order valence-corrected chi connectivity index (χ2v) is 3.77. The normalized spacial score (nSPS) is 10.6. The van der Waals surface area contributed by atoms with E-state index < -0.39 is 34.8 Å². The Balaban J connectivity index is 2.41. The molecule has 6 heteroatoms. The van der Waals surface area contributed by atoms with E-state index in [0.29, 0.717) is 6.07 Å². The van der Waals surface area contributed by atoms with Crippen molar-refractivity contribution in [1.82, 2.24) is 0 Å². The molecule has 0 aromatic heterocycles. The second-order valence-electron chi connectivity index (χ2n) is 3.77. The number of rotatable bonds is 3. The molecule has 2 rings (SSSR count). The maximum absolute atomic E-state index is 13.6. The molecule has 0 spiro atoms. The number of hydrogen-bond donors (Lipinski definition) is 1. The van der Waals surface area contributed by atoms with Gasteiger partial charge in [0.25, 0.3) is 0 Å². The summed E-state index contributed by atoms with van der Waals surface area (Å²) in [5.74, 6) is -5.19. The van der Waals surface area contributed by atoms with Crippen molar-refractivity contribution in [2.75, 3.05) is 0 Å². The third-order valence-electron chi connectivity index (χ3n) is 2.40. The lowest BCUT2D eigenvalue weighted by molar-refractivity contribution is 0.384. The lowest BCUT2D eigenvalue weighted by Crippen LogP contribution is -2.01. The fraction of sp³-hybridized carbons (Fsp3) is 0.0769. The van der Waals surface area contributed by atoms with Crippen LogP contribution in [0.15, 0.2) is 30.3 Å². The Kier molecular flexibility index (Phi) is 3.71. The van der Waals surface area contributed by atoms with Gasteiger partial charge in [-0.3, -0.25) is 0 Å². The molecule has 0 saturated heterocycles. The number of halogens is 4. The van der Waals surface area contributed by atoms with Crippen LogP contribution in [0.25, 0.3) is 0 Å². The van der Waals surface area contributed by atoms with Crippen molar-refractivity contribution >= 4 is 0 Å². The van der Waals surface area contributed by atoms with Crippen LogP contribution >= 0.6 is 0 Å². The van der Waals surface area contributed by atoms with E-state index in [0.717, 1.165) is 24.3 Å². The van der Waals surface area contributed by atoms with Gasteiger partial charge in [0, 0.05) is 12.6 Å². The van der Waals surface area contributed by atoms with Gasteiger partial charge in [0.2, 0.25) is 0 Å². The highest BCUT2D eigenvalue weighted by molar-refractivity contribution is 5.36.